The van der Waals surface area contributed by atoms with Crippen molar-refractivity contribution in [3.8, 4) is 5.75 Å². The van der Waals surface area contributed by atoms with Crippen LogP contribution in [0.5, 0.6) is 5.75 Å². The van der Waals surface area contributed by atoms with Gasteiger partial charge in [-0.2, -0.15) is 0 Å². The van der Waals surface area contributed by atoms with Gasteiger partial charge in [-0.25, -0.2) is 0 Å². The molecule has 2 heteroatoms. The topological polar surface area (TPSA) is 21.3 Å². The zero-order valence-corrected chi connectivity index (χ0v) is 12.5. The van der Waals surface area contributed by atoms with Gasteiger partial charge in [-0.05, 0) is 48.1 Å². The van der Waals surface area contributed by atoms with Crippen molar-refractivity contribution < 1.29 is 4.74 Å². The Morgan fingerprint density at radius 3 is 2.53 bits per heavy atom. The van der Waals surface area contributed by atoms with Crippen LogP contribution in [-0.4, -0.2) is 13.2 Å². The molecule has 0 amide bonds. The van der Waals surface area contributed by atoms with Crippen LogP contribution < -0.4 is 10.1 Å². The van der Waals surface area contributed by atoms with E-state index in [0.29, 0.717) is 16.9 Å². The summed E-state index contributed by atoms with van der Waals surface area (Å²) < 4.78 is 5.46. The van der Waals surface area contributed by atoms with Gasteiger partial charge < -0.3 is 10.1 Å². The lowest BCUT2D eigenvalue weighted by atomic mass is 9.69. The maximum atomic E-state index is 5.46. The van der Waals surface area contributed by atoms with Gasteiger partial charge in [0.15, 0.2) is 0 Å². The van der Waals surface area contributed by atoms with E-state index < -0.39 is 0 Å². The molecule has 1 N–H and O–H groups in total. The van der Waals surface area contributed by atoms with E-state index >= 15 is 0 Å². The molecule has 1 aromatic carbocycles. The number of fused-ring (bicyclic) bond motifs is 2. The van der Waals surface area contributed by atoms with Crippen molar-refractivity contribution in [2.45, 2.75) is 46.1 Å². The molecule has 0 spiro atoms. The van der Waals surface area contributed by atoms with Crippen LogP contribution in [0.3, 0.4) is 0 Å². The number of methoxy groups -OCH3 is 1. The van der Waals surface area contributed by atoms with E-state index in [9.17, 15) is 0 Å². The molecule has 0 aliphatic heterocycles. The Hall–Kier alpha value is -1.18. The molecule has 0 radical (unpaired) electrons. The van der Waals surface area contributed by atoms with Crippen LogP contribution in [-0.2, 0) is 0 Å². The number of hydrogen-bond acceptors (Lipinski definition) is 2. The number of ether oxygens (including phenoxy) is 1. The summed E-state index contributed by atoms with van der Waals surface area (Å²) in [6.45, 7) is 7.37. The maximum Gasteiger partial charge on any atom is 0.141 e. The minimum Gasteiger partial charge on any atom is -0.495 e. The van der Waals surface area contributed by atoms with Crippen LogP contribution >= 0.6 is 0 Å². The first-order chi connectivity index (χ1) is 8.99. The van der Waals surface area contributed by atoms with Gasteiger partial charge in [-0.15, -0.1) is 0 Å². The smallest absolute Gasteiger partial charge is 0.141 e. The highest BCUT2D eigenvalue weighted by Crippen LogP contribution is 2.66. The van der Waals surface area contributed by atoms with Crippen molar-refractivity contribution in [3.05, 3.63) is 24.3 Å². The predicted molar refractivity (Wildman–Crippen MR) is 79.6 cm³/mol. The van der Waals surface area contributed by atoms with Crippen LogP contribution in [0.15, 0.2) is 24.3 Å². The summed E-state index contributed by atoms with van der Waals surface area (Å²) in [5.41, 5.74) is 1.99. The summed E-state index contributed by atoms with van der Waals surface area (Å²) in [5, 5.41) is 3.76. The SMILES string of the molecule is COc1ccccc1NC1CC2CCC1(C)C2(C)C. The van der Waals surface area contributed by atoms with Gasteiger partial charge in [-0.3, -0.25) is 0 Å². The van der Waals surface area contributed by atoms with Crippen LogP contribution in [0.25, 0.3) is 0 Å². The van der Waals surface area contributed by atoms with Crippen molar-refractivity contribution in [3.63, 3.8) is 0 Å². The zero-order chi connectivity index (χ0) is 13.7. The fourth-order valence-corrected chi connectivity index (χ4v) is 4.37. The molecule has 2 bridgehead atoms. The van der Waals surface area contributed by atoms with Crippen molar-refractivity contribution in [1.29, 1.82) is 0 Å². The second-order valence-corrected chi connectivity index (χ2v) is 7.01. The first-order valence-corrected chi connectivity index (χ1v) is 7.38. The Balaban J connectivity index is 1.86. The van der Waals surface area contributed by atoms with E-state index in [1.807, 2.05) is 12.1 Å². The molecule has 1 aromatic rings. The molecular formula is C17H25NO. The molecule has 104 valence electrons. The Bertz CT molecular complexity index is 482. The zero-order valence-electron chi connectivity index (χ0n) is 12.5. The summed E-state index contributed by atoms with van der Waals surface area (Å²) in [7, 11) is 1.74. The van der Waals surface area contributed by atoms with Crippen molar-refractivity contribution in [2.24, 2.45) is 16.7 Å². The number of rotatable bonds is 3. The molecule has 2 aliphatic carbocycles. The molecule has 19 heavy (non-hydrogen) atoms. The largest absolute Gasteiger partial charge is 0.495 e. The molecule has 0 saturated heterocycles. The highest BCUT2D eigenvalue weighted by molar-refractivity contribution is 5.57. The van der Waals surface area contributed by atoms with Gasteiger partial charge in [-0.1, -0.05) is 32.9 Å². The lowest BCUT2D eigenvalue weighted by Gasteiger charge is -2.40. The predicted octanol–water partition coefficient (Wildman–Crippen LogP) is 4.32. The summed E-state index contributed by atoms with van der Waals surface area (Å²) in [4.78, 5) is 0. The van der Waals surface area contributed by atoms with E-state index in [4.69, 9.17) is 4.74 Å². The Morgan fingerprint density at radius 1 is 1.21 bits per heavy atom. The molecule has 2 aliphatic rings. The molecule has 3 rings (SSSR count). The van der Waals surface area contributed by atoms with Crippen LogP contribution in [0.1, 0.15) is 40.0 Å². The number of benzene rings is 1. The Morgan fingerprint density at radius 2 is 1.95 bits per heavy atom. The summed E-state index contributed by atoms with van der Waals surface area (Å²) in [5.74, 6) is 1.82. The second kappa shape index (κ2) is 4.16. The quantitative estimate of drug-likeness (QED) is 0.872. The Labute approximate surface area is 116 Å². The first-order valence-electron chi connectivity index (χ1n) is 7.38. The summed E-state index contributed by atoms with van der Waals surface area (Å²) in [6, 6.07) is 8.82. The lowest BCUT2D eigenvalue weighted by Crippen LogP contribution is -2.40. The van der Waals surface area contributed by atoms with Gasteiger partial charge in [0.2, 0.25) is 0 Å². The Kier molecular flexibility index (Phi) is 2.81. The molecule has 0 heterocycles. The van der Waals surface area contributed by atoms with Crippen molar-refractivity contribution in [2.75, 3.05) is 12.4 Å². The van der Waals surface area contributed by atoms with Crippen LogP contribution in [0.2, 0.25) is 0 Å². The average Bonchev–Trinajstić information content (AvgIpc) is 2.72. The lowest BCUT2D eigenvalue weighted by molar-refractivity contribution is 0.142. The van der Waals surface area contributed by atoms with Gasteiger partial charge in [0.25, 0.3) is 0 Å². The number of para-hydroxylation sites is 2. The molecule has 2 saturated carbocycles. The van der Waals surface area contributed by atoms with E-state index in [-0.39, 0.29) is 0 Å². The normalized spacial score (nSPS) is 35.4. The van der Waals surface area contributed by atoms with E-state index in [1.54, 1.807) is 7.11 Å². The molecule has 0 aromatic heterocycles. The summed E-state index contributed by atoms with van der Waals surface area (Å²) in [6.07, 6.45) is 4.03. The standard InChI is InChI=1S/C17H25NO/c1-16(2)12-9-10-17(16,3)15(11-12)18-13-7-5-6-8-14(13)19-4/h5-8,12,15,18H,9-11H2,1-4H3. The fourth-order valence-electron chi connectivity index (χ4n) is 4.37. The van der Waals surface area contributed by atoms with E-state index in [1.165, 1.54) is 19.3 Å². The highest BCUT2D eigenvalue weighted by atomic mass is 16.5. The van der Waals surface area contributed by atoms with Gasteiger partial charge >= 0.3 is 0 Å². The van der Waals surface area contributed by atoms with Gasteiger partial charge in [0, 0.05) is 6.04 Å². The molecule has 3 atom stereocenters. The first kappa shape index (κ1) is 12.8. The number of hydrogen-bond donors (Lipinski definition) is 1. The molecule has 2 nitrogen and oxygen atoms in total. The maximum absolute atomic E-state index is 5.46. The van der Waals surface area contributed by atoms with Crippen LogP contribution in [0.4, 0.5) is 5.69 Å². The number of anilines is 1. The van der Waals surface area contributed by atoms with Crippen molar-refractivity contribution in [1.82, 2.24) is 0 Å². The molecule has 3 unspecified atom stereocenters. The number of nitrogens with one attached hydrogen (secondary N) is 1. The fraction of sp³-hybridized carbons (Fsp3) is 0.647. The third-order valence-electron chi connectivity index (χ3n) is 6.23. The summed E-state index contributed by atoms with van der Waals surface area (Å²) >= 11 is 0. The van der Waals surface area contributed by atoms with Gasteiger partial charge in [0.05, 0.1) is 12.8 Å². The average molecular weight is 259 g/mol. The van der Waals surface area contributed by atoms with E-state index in [0.717, 1.165) is 17.4 Å². The van der Waals surface area contributed by atoms with Crippen molar-refractivity contribution >= 4 is 5.69 Å². The highest BCUT2D eigenvalue weighted by Gasteiger charge is 2.61. The van der Waals surface area contributed by atoms with Crippen LogP contribution in [0, 0.1) is 16.7 Å². The third kappa shape index (κ3) is 1.69. The molecule has 2 fully saturated rings. The third-order valence-corrected chi connectivity index (χ3v) is 6.23. The monoisotopic (exact) mass is 259 g/mol. The van der Waals surface area contributed by atoms with E-state index in [2.05, 4.69) is 38.2 Å². The van der Waals surface area contributed by atoms with Gasteiger partial charge in [0.1, 0.15) is 5.75 Å². The minimum atomic E-state index is 0.401. The second-order valence-electron chi connectivity index (χ2n) is 7.01. The minimum absolute atomic E-state index is 0.401. The molecular weight excluding hydrogens is 234 g/mol.